The van der Waals surface area contributed by atoms with Gasteiger partial charge in [-0.1, -0.05) is 18.9 Å². The summed E-state index contributed by atoms with van der Waals surface area (Å²) in [4.78, 5) is 36.5. The highest BCUT2D eigenvalue weighted by molar-refractivity contribution is 5.89. The first kappa shape index (κ1) is 20.5. The molecule has 2 rings (SSSR count). The molecule has 1 aromatic carbocycles. The summed E-state index contributed by atoms with van der Waals surface area (Å²) >= 11 is 0. The van der Waals surface area contributed by atoms with Gasteiger partial charge in [-0.05, 0) is 30.5 Å². The molecule has 1 saturated carbocycles. The minimum atomic E-state index is -1.07. The molecule has 0 saturated heterocycles. The quantitative estimate of drug-likeness (QED) is 0.696. The Hall–Kier alpha value is -2.77. The third kappa shape index (κ3) is 4.69. The van der Waals surface area contributed by atoms with Crippen LogP contribution in [0.1, 0.15) is 37.3 Å². The number of aliphatic carboxylic acids is 1. The van der Waals surface area contributed by atoms with Gasteiger partial charge in [-0.15, -0.1) is 0 Å². The molecular weight excluding hydrogens is 354 g/mol. The first-order valence-electron chi connectivity index (χ1n) is 8.75. The Bertz CT molecular complexity index is 703. The predicted molar refractivity (Wildman–Crippen MR) is 95.5 cm³/mol. The Morgan fingerprint density at radius 1 is 1.04 bits per heavy atom. The first-order valence-corrected chi connectivity index (χ1v) is 8.75. The lowest BCUT2D eigenvalue weighted by molar-refractivity contribution is -0.150. The van der Waals surface area contributed by atoms with Crippen LogP contribution in [0.5, 0.6) is 11.5 Å². The van der Waals surface area contributed by atoms with Gasteiger partial charge < -0.3 is 24.6 Å². The Labute approximate surface area is 157 Å². The van der Waals surface area contributed by atoms with Crippen LogP contribution in [0.25, 0.3) is 0 Å². The molecule has 1 amide bonds. The number of hydrogen-bond donors (Lipinski definition) is 2. The minimum absolute atomic E-state index is 0.402. The molecule has 0 unspecified atom stereocenters. The predicted octanol–water partition coefficient (Wildman–Crippen LogP) is 1.93. The van der Waals surface area contributed by atoms with Gasteiger partial charge in [0.25, 0.3) is 0 Å². The Balaban J connectivity index is 2.28. The second-order valence-corrected chi connectivity index (χ2v) is 6.41. The molecule has 1 fully saturated rings. The van der Waals surface area contributed by atoms with E-state index in [1.165, 1.54) is 21.3 Å². The fourth-order valence-corrected chi connectivity index (χ4v) is 3.42. The molecule has 8 nitrogen and oxygen atoms in total. The van der Waals surface area contributed by atoms with Crippen LogP contribution in [0.2, 0.25) is 0 Å². The third-order valence-electron chi connectivity index (χ3n) is 4.88. The third-order valence-corrected chi connectivity index (χ3v) is 4.88. The smallest absolute Gasteiger partial charge is 0.333 e. The summed E-state index contributed by atoms with van der Waals surface area (Å²) in [5.74, 6) is -2.65. The van der Waals surface area contributed by atoms with E-state index in [0.717, 1.165) is 12.8 Å². The first-order chi connectivity index (χ1) is 12.9. The number of ether oxygens (including phenoxy) is 3. The second kappa shape index (κ2) is 9.25. The second-order valence-electron chi connectivity index (χ2n) is 6.41. The molecule has 2 N–H and O–H groups in total. The molecule has 1 aliphatic rings. The molecular formula is C19H25NO7. The van der Waals surface area contributed by atoms with Gasteiger partial charge in [-0.3, -0.25) is 9.59 Å². The van der Waals surface area contributed by atoms with Crippen molar-refractivity contribution in [2.24, 2.45) is 11.8 Å². The van der Waals surface area contributed by atoms with E-state index in [0.29, 0.717) is 29.9 Å². The molecule has 0 bridgehead atoms. The van der Waals surface area contributed by atoms with Crippen molar-refractivity contribution in [3.05, 3.63) is 23.8 Å². The number of carboxylic acids is 1. The van der Waals surface area contributed by atoms with E-state index in [1.807, 2.05) is 0 Å². The lowest BCUT2D eigenvalue weighted by atomic mass is 9.78. The van der Waals surface area contributed by atoms with Crippen LogP contribution < -0.4 is 14.8 Å². The molecule has 0 heterocycles. The van der Waals surface area contributed by atoms with E-state index >= 15 is 0 Å². The summed E-state index contributed by atoms with van der Waals surface area (Å²) in [6.07, 6.45) is 2.48. The summed E-state index contributed by atoms with van der Waals surface area (Å²) in [6.45, 7) is 0. The van der Waals surface area contributed by atoms with Gasteiger partial charge >= 0.3 is 11.9 Å². The van der Waals surface area contributed by atoms with Crippen LogP contribution in [-0.2, 0) is 19.1 Å². The fourth-order valence-electron chi connectivity index (χ4n) is 3.42. The van der Waals surface area contributed by atoms with Crippen LogP contribution in [-0.4, -0.2) is 44.3 Å². The zero-order chi connectivity index (χ0) is 20.0. The van der Waals surface area contributed by atoms with Crippen molar-refractivity contribution in [2.75, 3.05) is 21.3 Å². The van der Waals surface area contributed by atoms with Crippen LogP contribution in [0.15, 0.2) is 18.2 Å². The maximum absolute atomic E-state index is 12.8. The molecule has 148 valence electrons. The number of benzene rings is 1. The number of rotatable bonds is 7. The Kier molecular flexibility index (Phi) is 7.04. The lowest BCUT2D eigenvalue weighted by Crippen LogP contribution is -2.43. The number of amides is 1. The van der Waals surface area contributed by atoms with Crippen LogP contribution in [0.3, 0.4) is 0 Å². The van der Waals surface area contributed by atoms with Crippen molar-refractivity contribution in [1.82, 2.24) is 5.32 Å². The molecule has 27 heavy (non-hydrogen) atoms. The number of nitrogens with one attached hydrogen (secondary N) is 1. The highest BCUT2D eigenvalue weighted by atomic mass is 16.5. The monoisotopic (exact) mass is 379 g/mol. The van der Waals surface area contributed by atoms with Gasteiger partial charge in [0.05, 0.1) is 33.2 Å². The average molecular weight is 379 g/mol. The summed E-state index contributed by atoms with van der Waals surface area (Å²) in [6, 6.07) is 3.75. The largest absolute Gasteiger partial charge is 0.493 e. The molecule has 1 aliphatic carbocycles. The Morgan fingerprint density at radius 2 is 1.67 bits per heavy atom. The van der Waals surface area contributed by atoms with E-state index < -0.39 is 35.7 Å². The lowest BCUT2D eigenvalue weighted by Gasteiger charge is -2.29. The normalized spacial score (nSPS) is 20.3. The molecule has 8 heteroatoms. The fraction of sp³-hybridized carbons (Fsp3) is 0.526. The van der Waals surface area contributed by atoms with Gasteiger partial charge in [-0.25, -0.2) is 4.79 Å². The molecule has 3 atom stereocenters. The van der Waals surface area contributed by atoms with E-state index in [2.05, 4.69) is 5.32 Å². The SMILES string of the molecule is COC(=O)[C@H](NC(=O)[C@@H]1CCCC[C@H]1C(=O)O)c1ccc(OC)c(OC)c1. The number of carbonyl (C=O) groups excluding carboxylic acids is 2. The van der Waals surface area contributed by atoms with Gasteiger partial charge in [0.1, 0.15) is 0 Å². The standard InChI is InChI=1S/C19H25NO7/c1-25-14-9-8-11(10-15(14)26-2)16(19(24)27-3)20-17(21)12-6-4-5-7-13(12)18(22)23/h8-10,12-13,16H,4-7H2,1-3H3,(H,20,21)(H,22,23)/t12-,13-,16-/m1/s1. The molecule has 0 spiro atoms. The van der Waals surface area contributed by atoms with Crippen LogP contribution >= 0.6 is 0 Å². The zero-order valence-corrected chi connectivity index (χ0v) is 15.7. The average Bonchev–Trinajstić information content (AvgIpc) is 2.70. The minimum Gasteiger partial charge on any atom is -0.493 e. The molecule has 0 aromatic heterocycles. The number of methoxy groups -OCH3 is 3. The highest BCUT2D eigenvalue weighted by Crippen LogP contribution is 2.33. The van der Waals surface area contributed by atoms with Gasteiger partial charge in [-0.2, -0.15) is 0 Å². The van der Waals surface area contributed by atoms with E-state index in [4.69, 9.17) is 14.2 Å². The number of esters is 1. The van der Waals surface area contributed by atoms with Crippen molar-refractivity contribution in [1.29, 1.82) is 0 Å². The van der Waals surface area contributed by atoms with Crippen LogP contribution in [0.4, 0.5) is 0 Å². The van der Waals surface area contributed by atoms with Crippen molar-refractivity contribution >= 4 is 17.8 Å². The number of carboxylic acid groups (broad SMARTS) is 1. The van der Waals surface area contributed by atoms with Crippen molar-refractivity contribution in [2.45, 2.75) is 31.7 Å². The summed E-state index contributed by atoms with van der Waals surface area (Å²) in [7, 11) is 4.18. The van der Waals surface area contributed by atoms with Crippen molar-refractivity contribution in [3.8, 4) is 11.5 Å². The van der Waals surface area contributed by atoms with E-state index in [9.17, 15) is 19.5 Å². The zero-order valence-electron chi connectivity index (χ0n) is 15.7. The molecule has 0 aliphatic heterocycles. The number of carbonyl (C=O) groups is 3. The van der Waals surface area contributed by atoms with Crippen LogP contribution in [0, 0.1) is 11.8 Å². The topological polar surface area (TPSA) is 111 Å². The molecule has 0 radical (unpaired) electrons. The number of hydrogen-bond acceptors (Lipinski definition) is 6. The summed E-state index contributed by atoms with van der Waals surface area (Å²) < 4.78 is 15.2. The Morgan fingerprint density at radius 3 is 2.22 bits per heavy atom. The van der Waals surface area contributed by atoms with Crippen molar-refractivity contribution < 1.29 is 33.7 Å². The summed E-state index contributed by atoms with van der Waals surface area (Å²) in [5.41, 5.74) is 0.454. The maximum Gasteiger partial charge on any atom is 0.333 e. The van der Waals surface area contributed by atoms with Gasteiger partial charge in [0, 0.05) is 0 Å². The summed E-state index contributed by atoms with van der Waals surface area (Å²) in [5, 5.41) is 12.0. The molecule has 1 aromatic rings. The maximum atomic E-state index is 12.8. The van der Waals surface area contributed by atoms with E-state index in [1.54, 1.807) is 18.2 Å². The highest BCUT2D eigenvalue weighted by Gasteiger charge is 2.37. The van der Waals surface area contributed by atoms with Gasteiger partial charge in [0.2, 0.25) is 5.91 Å². The van der Waals surface area contributed by atoms with Crippen molar-refractivity contribution in [3.63, 3.8) is 0 Å². The van der Waals surface area contributed by atoms with Gasteiger partial charge in [0.15, 0.2) is 17.5 Å². The van der Waals surface area contributed by atoms with E-state index in [-0.39, 0.29) is 0 Å².